The zero-order valence-corrected chi connectivity index (χ0v) is 13.2. The van der Waals surface area contributed by atoms with Crippen LogP contribution in [-0.2, 0) is 0 Å². The van der Waals surface area contributed by atoms with Crippen LogP contribution in [0.4, 0.5) is 5.69 Å². The van der Waals surface area contributed by atoms with Crippen molar-refractivity contribution < 1.29 is 19.1 Å². The standard InChI is InChI=1S/C17H18N2O4/c1-10-8-11(16(18)20)4-6-13(10)19-17(21)12-5-7-14(22-2)15(9-12)23-3/h4-9H,1-3H3,(H2,18,20)(H,19,21). The number of benzene rings is 2. The van der Waals surface area contributed by atoms with E-state index in [4.69, 9.17) is 15.2 Å². The van der Waals surface area contributed by atoms with E-state index in [1.54, 1.807) is 43.3 Å². The molecule has 2 aromatic rings. The molecule has 0 unspecified atom stereocenters. The maximum atomic E-state index is 12.4. The Morgan fingerprint density at radius 2 is 1.61 bits per heavy atom. The maximum Gasteiger partial charge on any atom is 0.255 e. The average molecular weight is 314 g/mol. The summed E-state index contributed by atoms with van der Waals surface area (Å²) >= 11 is 0. The molecule has 120 valence electrons. The molecule has 0 radical (unpaired) electrons. The Labute approximate surface area is 134 Å². The summed E-state index contributed by atoms with van der Waals surface area (Å²) in [6, 6.07) is 9.75. The van der Waals surface area contributed by atoms with Crippen LogP contribution in [0.1, 0.15) is 26.3 Å². The molecule has 0 fully saturated rings. The predicted octanol–water partition coefficient (Wildman–Crippen LogP) is 2.36. The van der Waals surface area contributed by atoms with Gasteiger partial charge in [-0.05, 0) is 48.9 Å². The van der Waals surface area contributed by atoms with Crippen molar-refractivity contribution in [3.05, 3.63) is 53.1 Å². The maximum absolute atomic E-state index is 12.4. The van der Waals surface area contributed by atoms with Gasteiger partial charge in [-0.15, -0.1) is 0 Å². The topological polar surface area (TPSA) is 90.6 Å². The molecule has 0 atom stereocenters. The molecular formula is C17H18N2O4. The van der Waals surface area contributed by atoms with E-state index in [0.29, 0.717) is 28.3 Å². The lowest BCUT2D eigenvalue weighted by Crippen LogP contribution is -2.15. The summed E-state index contributed by atoms with van der Waals surface area (Å²) in [6.45, 7) is 1.79. The molecule has 6 nitrogen and oxygen atoms in total. The van der Waals surface area contributed by atoms with Crippen LogP contribution in [0.5, 0.6) is 11.5 Å². The van der Waals surface area contributed by atoms with Crippen LogP contribution in [0, 0.1) is 6.92 Å². The minimum Gasteiger partial charge on any atom is -0.493 e. The highest BCUT2D eigenvalue weighted by molar-refractivity contribution is 6.05. The highest BCUT2D eigenvalue weighted by Gasteiger charge is 2.12. The number of hydrogen-bond acceptors (Lipinski definition) is 4. The van der Waals surface area contributed by atoms with Crippen molar-refractivity contribution in [3.63, 3.8) is 0 Å². The lowest BCUT2D eigenvalue weighted by Gasteiger charge is -2.11. The molecule has 2 amide bonds. The number of nitrogens with two attached hydrogens (primary N) is 1. The van der Waals surface area contributed by atoms with Crippen LogP contribution < -0.4 is 20.5 Å². The van der Waals surface area contributed by atoms with Gasteiger partial charge in [0.25, 0.3) is 5.91 Å². The molecule has 23 heavy (non-hydrogen) atoms. The molecule has 0 aliphatic heterocycles. The fourth-order valence-electron chi connectivity index (χ4n) is 2.13. The fraction of sp³-hybridized carbons (Fsp3) is 0.176. The van der Waals surface area contributed by atoms with E-state index in [1.807, 2.05) is 0 Å². The summed E-state index contributed by atoms with van der Waals surface area (Å²) < 4.78 is 10.3. The highest BCUT2D eigenvalue weighted by atomic mass is 16.5. The Morgan fingerprint density at radius 1 is 0.957 bits per heavy atom. The van der Waals surface area contributed by atoms with Gasteiger partial charge in [0.1, 0.15) is 0 Å². The van der Waals surface area contributed by atoms with Crippen LogP contribution >= 0.6 is 0 Å². The minimum absolute atomic E-state index is 0.291. The van der Waals surface area contributed by atoms with Crippen LogP contribution in [0.3, 0.4) is 0 Å². The summed E-state index contributed by atoms with van der Waals surface area (Å²) in [5.41, 5.74) is 7.41. The fourth-order valence-corrected chi connectivity index (χ4v) is 2.13. The van der Waals surface area contributed by atoms with Crippen molar-refractivity contribution >= 4 is 17.5 Å². The van der Waals surface area contributed by atoms with Gasteiger partial charge in [-0.3, -0.25) is 9.59 Å². The van der Waals surface area contributed by atoms with Crippen molar-refractivity contribution in [1.82, 2.24) is 0 Å². The molecule has 0 saturated heterocycles. The van der Waals surface area contributed by atoms with E-state index in [0.717, 1.165) is 5.56 Å². The van der Waals surface area contributed by atoms with Gasteiger partial charge >= 0.3 is 0 Å². The molecule has 0 aromatic heterocycles. The molecule has 6 heteroatoms. The quantitative estimate of drug-likeness (QED) is 0.886. The Balaban J connectivity index is 2.24. The lowest BCUT2D eigenvalue weighted by molar-refractivity contribution is 0.0998. The SMILES string of the molecule is COc1ccc(C(=O)Nc2ccc(C(N)=O)cc2C)cc1OC. The van der Waals surface area contributed by atoms with Gasteiger partial charge in [-0.1, -0.05) is 0 Å². The zero-order valence-electron chi connectivity index (χ0n) is 13.2. The van der Waals surface area contributed by atoms with Crippen LogP contribution in [0.2, 0.25) is 0 Å². The van der Waals surface area contributed by atoms with E-state index in [9.17, 15) is 9.59 Å². The molecule has 0 aliphatic carbocycles. The first kappa shape index (κ1) is 16.4. The van der Waals surface area contributed by atoms with E-state index in [1.165, 1.54) is 14.2 Å². The summed E-state index contributed by atoms with van der Waals surface area (Å²) in [6.07, 6.45) is 0. The molecule has 0 saturated carbocycles. The number of ether oxygens (including phenoxy) is 2. The molecular weight excluding hydrogens is 296 g/mol. The molecule has 0 bridgehead atoms. The Hall–Kier alpha value is -3.02. The summed E-state index contributed by atoms with van der Waals surface area (Å²) in [7, 11) is 3.04. The second kappa shape index (κ2) is 6.83. The first-order valence-electron chi connectivity index (χ1n) is 6.90. The number of hydrogen-bond donors (Lipinski definition) is 2. The number of rotatable bonds is 5. The average Bonchev–Trinajstić information content (AvgIpc) is 2.55. The summed E-state index contributed by atoms with van der Waals surface area (Å²) in [5.74, 6) is 0.221. The Morgan fingerprint density at radius 3 is 2.17 bits per heavy atom. The van der Waals surface area contributed by atoms with Crippen molar-refractivity contribution in [1.29, 1.82) is 0 Å². The highest BCUT2D eigenvalue weighted by Crippen LogP contribution is 2.28. The van der Waals surface area contributed by atoms with E-state index in [2.05, 4.69) is 5.32 Å². The van der Waals surface area contributed by atoms with Gasteiger partial charge in [0, 0.05) is 16.8 Å². The molecule has 2 aromatic carbocycles. The third-order valence-electron chi connectivity index (χ3n) is 3.40. The van der Waals surface area contributed by atoms with Gasteiger partial charge in [0.05, 0.1) is 14.2 Å². The normalized spacial score (nSPS) is 10.0. The van der Waals surface area contributed by atoms with Gasteiger partial charge in [0.15, 0.2) is 11.5 Å². The minimum atomic E-state index is -0.508. The molecule has 0 heterocycles. The van der Waals surface area contributed by atoms with Gasteiger partial charge in [-0.25, -0.2) is 0 Å². The number of carbonyl (C=O) groups is 2. The molecule has 0 spiro atoms. The van der Waals surface area contributed by atoms with Gasteiger partial charge < -0.3 is 20.5 Å². The predicted molar refractivity (Wildman–Crippen MR) is 87.2 cm³/mol. The summed E-state index contributed by atoms with van der Waals surface area (Å²) in [5, 5.41) is 2.79. The number of nitrogens with one attached hydrogen (secondary N) is 1. The Bertz CT molecular complexity index is 756. The monoisotopic (exact) mass is 314 g/mol. The van der Waals surface area contributed by atoms with Crippen molar-refractivity contribution in [2.24, 2.45) is 5.73 Å². The first-order valence-corrected chi connectivity index (χ1v) is 6.90. The molecule has 0 aliphatic rings. The van der Waals surface area contributed by atoms with Crippen molar-refractivity contribution in [2.45, 2.75) is 6.92 Å². The lowest BCUT2D eigenvalue weighted by atomic mass is 10.1. The smallest absolute Gasteiger partial charge is 0.255 e. The number of carbonyl (C=O) groups excluding carboxylic acids is 2. The van der Waals surface area contributed by atoms with Crippen molar-refractivity contribution in [2.75, 3.05) is 19.5 Å². The van der Waals surface area contributed by atoms with Crippen LogP contribution in [-0.4, -0.2) is 26.0 Å². The van der Waals surface area contributed by atoms with Crippen LogP contribution in [0.25, 0.3) is 0 Å². The van der Waals surface area contributed by atoms with Gasteiger partial charge in [0.2, 0.25) is 5.91 Å². The van der Waals surface area contributed by atoms with E-state index >= 15 is 0 Å². The molecule has 2 rings (SSSR count). The second-order valence-electron chi connectivity index (χ2n) is 4.92. The number of methoxy groups -OCH3 is 2. The van der Waals surface area contributed by atoms with Crippen LogP contribution in [0.15, 0.2) is 36.4 Å². The number of aryl methyl sites for hydroxylation is 1. The van der Waals surface area contributed by atoms with E-state index in [-0.39, 0.29) is 5.91 Å². The summed E-state index contributed by atoms with van der Waals surface area (Å²) in [4.78, 5) is 23.5. The number of anilines is 1. The first-order chi connectivity index (χ1) is 11.0. The number of amides is 2. The van der Waals surface area contributed by atoms with E-state index < -0.39 is 5.91 Å². The number of primary amides is 1. The second-order valence-corrected chi connectivity index (χ2v) is 4.92. The van der Waals surface area contributed by atoms with Crippen molar-refractivity contribution in [3.8, 4) is 11.5 Å². The van der Waals surface area contributed by atoms with Gasteiger partial charge in [-0.2, -0.15) is 0 Å². The third-order valence-corrected chi connectivity index (χ3v) is 3.40. The zero-order chi connectivity index (χ0) is 17.0. The molecule has 3 N–H and O–H groups in total. The Kier molecular flexibility index (Phi) is 4.85. The largest absolute Gasteiger partial charge is 0.493 e. The third kappa shape index (κ3) is 3.60.